The third-order valence-corrected chi connectivity index (χ3v) is 4.99. The molecule has 8 heteroatoms. The molecule has 3 amide bonds. The first-order valence-corrected chi connectivity index (χ1v) is 8.70. The van der Waals surface area contributed by atoms with Gasteiger partial charge in [0.15, 0.2) is 0 Å². The van der Waals surface area contributed by atoms with Gasteiger partial charge in [-0.25, -0.2) is 4.79 Å². The van der Waals surface area contributed by atoms with Crippen molar-refractivity contribution in [3.05, 3.63) is 0 Å². The number of alkyl halides is 1. The van der Waals surface area contributed by atoms with Gasteiger partial charge in [0.1, 0.15) is 0 Å². The number of hydrogen-bond acceptors (Lipinski definition) is 5. The molecule has 0 unspecified atom stereocenters. The van der Waals surface area contributed by atoms with E-state index in [4.69, 9.17) is 4.84 Å². The predicted molar refractivity (Wildman–Crippen MR) is 84.7 cm³/mol. The molecule has 2 fully saturated rings. The van der Waals surface area contributed by atoms with Crippen LogP contribution in [0.5, 0.6) is 0 Å². The molecule has 2 aliphatic heterocycles. The summed E-state index contributed by atoms with van der Waals surface area (Å²) >= 11 is 2.40. The molecule has 2 rings (SSSR count). The molecule has 2 saturated heterocycles. The molecular formula is C14H19IN2O5. The molecule has 7 nitrogen and oxygen atoms in total. The highest BCUT2D eigenvalue weighted by molar-refractivity contribution is 14.1. The molecule has 2 heterocycles. The molecule has 0 bridgehead atoms. The average molecular weight is 422 g/mol. The van der Waals surface area contributed by atoms with Crippen molar-refractivity contribution in [2.24, 2.45) is 0 Å². The number of amides is 3. The SMILES string of the molecule is O=C(CCCC(=O)N1CCC(I)CC1)ON1C(=O)CCC1=O. The van der Waals surface area contributed by atoms with Crippen molar-refractivity contribution in [1.82, 2.24) is 9.96 Å². The van der Waals surface area contributed by atoms with Crippen LogP contribution in [0.4, 0.5) is 0 Å². The molecule has 0 N–H and O–H groups in total. The van der Waals surface area contributed by atoms with Gasteiger partial charge in [-0.1, -0.05) is 22.6 Å². The molecule has 0 aliphatic carbocycles. The van der Waals surface area contributed by atoms with Gasteiger partial charge in [-0.05, 0) is 19.3 Å². The second-order valence-corrected chi connectivity index (χ2v) is 7.22. The number of nitrogens with zero attached hydrogens (tertiary/aromatic N) is 2. The van der Waals surface area contributed by atoms with Crippen molar-refractivity contribution < 1.29 is 24.0 Å². The zero-order chi connectivity index (χ0) is 16.1. The molecular weight excluding hydrogens is 403 g/mol. The van der Waals surface area contributed by atoms with E-state index in [2.05, 4.69) is 22.6 Å². The molecule has 0 spiro atoms. The van der Waals surface area contributed by atoms with Gasteiger partial charge in [-0.2, -0.15) is 0 Å². The molecule has 0 radical (unpaired) electrons. The second-order valence-electron chi connectivity index (χ2n) is 5.45. The number of hydrogen-bond donors (Lipinski definition) is 0. The van der Waals surface area contributed by atoms with E-state index >= 15 is 0 Å². The number of hydroxylamine groups is 2. The highest BCUT2D eigenvalue weighted by atomic mass is 127. The lowest BCUT2D eigenvalue weighted by Crippen LogP contribution is -2.38. The minimum Gasteiger partial charge on any atom is -0.343 e. The van der Waals surface area contributed by atoms with Gasteiger partial charge < -0.3 is 9.74 Å². The van der Waals surface area contributed by atoms with Crippen molar-refractivity contribution in [2.75, 3.05) is 13.1 Å². The Hall–Kier alpha value is -1.19. The number of carbonyl (C=O) groups excluding carboxylic acids is 4. The fourth-order valence-corrected chi connectivity index (χ4v) is 3.00. The summed E-state index contributed by atoms with van der Waals surface area (Å²) in [6, 6.07) is 0. The summed E-state index contributed by atoms with van der Waals surface area (Å²) in [6.45, 7) is 1.54. The molecule has 2 aliphatic rings. The maximum absolute atomic E-state index is 12.0. The topological polar surface area (TPSA) is 84.0 Å². The van der Waals surface area contributed by atoms with E-state index in [0.717, 1.165) is 25.9 Å². The van der Waals surface area contributed by atoms with Crippen molar-refractivity contribution in [3.8, 4) is 0 Å². The third kappa shape index (κ3) is 4.65. The van der Waals surface area contributed by atoms with E-state index in [1.165, 1.54) is 0 Å². The van der Waals surface area contributed by atoms with Gasteiger partial charge in [0.05, 0.1) is 0 Å². The lowest BCUT2D eigenvalue weighted by Gasteiger charge is -2.29. The summed E-state index contributed by atoms with van der Waals surface area (Å²) in [6.07, 6.45) is 2.84. The van der Waals surface area contributed by atoms with Crippen LogP contribution >= 0.6 is 22.6 Å². The Kier molecular flexibility index (Phi) is 6.16. The summed E-state index contributed by atoms with van der Waals surface area (Å²) in [4.78, 5) is 52.8. The zero-order valence-corrected chi connectivity index (χ0v) is 14.4. The van der Waals surface area contributed by atoms with Crippen LogP contribution in [0.3, 0.4) is 0 Å². The minimum absolute atomic E-state index is 0.0194. The first-order chi connectivity index (χ1) is 10.5. The van der Waals surface area contributed by atoms with Crippen molar-refractivity contribution in [2.45, 2.75) is 48.9 Å². The standard InChI is InChI=1S/C14H19IN2O5/c15-10-6-8-16(9-7-10)11(18)2-1-3-14(21)22-17-12(19)4-5-13(17)20/h10H,1-9H2. The van der Waals surface area contributed by atoms with Crippen molar-refractivity contribution in [1.29, 1.82) is 0 Å². The molecule has 0 aromatic rings. The number of piperidine rings is 1. The lowest BCUT2D eigenvalue weighted by atomic mass is 10.1. The van der Waals surface area contributed by atoms with Crippen molar-refractivity contribution >= 4 is 46.3 Å². The lowest BCUT2D eigenvalue weighted by molar-refractivity contribution is -0.197. The van der Waals surface area contributed by atoms with Crippen LogP contribution in [0.15, 0.2) is 0 Å². The van der Waals surface area contributed by atoms with Crippen LogP contribution in [-0.4, -0.2) is 50.7 Å². The van der Waals surface area contributed by atoms with Crippen molar-refractivity contribution in [3.63, 3.8) is 0 Å². The van der Waals surface area contributed by atoms with E-state index in [1.54, 1.807) is 0 Å². The maximum Gasteiger partial charge on any atom is 0.333 e. The van der Waals surface area contributed by atoms with Gasteiger partial charge >= 0.3 is 5.97 Å². The first-order valence-electron chi connectivity index (χ1n) is 7.46. The smallest absolute Gasteiger partial charge is 0.333 e. The quantitative estimate of drug-likeness (QED) is 0.378. The van der Waals surface area contributed by atoms with Crippen LogP contribution in [-0.2, 0) is 24.0 Å². The Morgan fingerprint density at radius 2 is 1.68 bits per heavy atom. The van der Waals surface area contributed by atoms with Crippen LogP contribution in [0, 0.1) is 0 Å². The summed E-state index contributed by atoms with van der Waals surface area (Å²) in [5.41, 5.74) is 0. The molecule has 0 atom stereocenters. The van der Waals surface area contributed by atoms with E-state index in [1.807, 2.05) is 4.90 Å². The summed E-state index contributed by atoms with van der Waals surface area (Å²) in [7, 11) is 0. The zero-order valence-electron chi connectivity index (χ0n) is 12.3. The van der Waals surface area contributed by atoms with Crippen LogP contribution < -0.4 is 0 Å². The summed E-state index contributed by atoms with van der Waals surface area (Å²) < 4.78 is 0.632. The highest BCUT2D eigenvalue weighted by Crippen LogP contribution is 2.19. The molecule has 22 heavy (non-hydrogen) atoms. The monoisotopic (exact) mass is 422 g/mol. The normalized spacial score (nSPS) is 19.7. The van der Waals surface area contributed by atoms with E-state index in [9.17, 15) is 19.2 Å². The van der Waals surface area contributed by atoms with Crippen LogP contribution in [0.2, 0.25) is 0 Å². The highest BCUT2D eigenvalue weighted by Gasteiger charge is 2.32. The number of rotatable bonds is 5. The Bertz CT molecular complexity index is 458. The third-order valence-electron chi connectivity index (χ3n) is 3.75. The molecule has 0 aromatic carbocycles. The van der Waals surface area contributed by atoms with Crippen LogP contribution in [0.1, 0.15) is 44.9 Å². The van der Waals surface area contributed by atoms with E-state index < -0.39 is 17.8 Å². The number of imide groups is 1. The Balaban J connectivity index is 1.65. The predicted octanol–water partition coefficient (Wildman–Crippen LogP) is 1.19. The van der Waals surface area contributed by atoms with Gasteiger partial charge in [-0.3, -0.25) is 14.4 Å². The Morgan fingerprint density at radius 1 is 1.09 bits per heavy atom. The summed E-state index contributed by atoms with van der Waals surface area (Å²) in [5, 5.41) is 0.537. The fourth-order valence-electron chi connectivity index (χ4n) is 2.44. The van der Waals surface area contributed by atoms with Gasteiger partial charge in [0, 0.05) is 42.7 Å². The minimum atomic E-state index is -0.651. The van der Waals surface area contributed by atoms with Gasteiger partial charge in [0.2, 0.25) is 5.91 Å². The number of halogens is 1. The van der Waals surface area contributed by atoms with Crippen LogP contribution in [0.25, 0.3) is 0 Å². The fraction of sp³-hybridized carbons (Fsp3) is 0.714. The van der Waals surface area contributed by atoms with E-state index in [-0.39, 0.29) is 31.6 Å². The van der Waals surface area contributed by atoms with Gasteiger partial charge in [-0.15, -0.1) is 5.06 Å². The second kappa shape index (κ2) is 7.89. The largest absolute Gasteiger partial charge is 0.343 e. The first kappa shape index (κ1) is 17.2. The average Bonchev–Trinajstić information content (AvgIpc) is 2.79. The van der Waals surface area contributed by atoms with Gasteiger partial charge in [0.25, 0.3) is 11.8 Å². The summed E-state index contributed by atoms with van der Waals surface area (Å²) in [5.74, 6) is -1.58. The molecule has 0 saturated carbocycles. The molecule has 0 aromatic heterocycles. The number of carbonyl (C=O) groups is 4. The molecule has 122 valence electrons. The Labute approximate surface area is 142 Å². The number of likely N-dealkylation sites (tertiary alicyclic amines) is 1. The Morgan fingerprint density at radius 3 is 2.27 bits per heavy atom. The maximum atomic E-state index is 12.0. The van der Waals surface area contributed by atoms with E-state index in [0.29, 0.717) is 15.4 Å².